The minimum Gasteiger partial charge on any atom is -0.387 e. The molecule has 0 aromatic carbocycles. The molecular formula is C18H32O3S2. The average molecular weight is 361 g/mol. The van der Waals surface area contributed by atoms with Crippen molar-refractivity contribution in [1.82, 2.24) is 0 Å². The van der Waals surface area contributed by atoms with Crippen molar-refractivity contribution in [2.45, 2.75) is 74.3 Å². The molecule has 3 atom stereocenters. The van der Waals surface area contributed by atoms with Crippen LogP contribution in [0.3, 0.4) is 0 Å². The standard InChI is InChI=1S/C18H32O3S2/c1-3-4-5-6-7-8-9-11-15-16(19)17(20-2)18(14-21-15)22-12-10-13-23-18/h9,11,15-17,19H,3-8,10,12-14H2,1-2H3/t15-,16+,17+/m0/s1. The van der Waals surface area contributed by atoms with Crippen LogP contribution in [0.1, 0.15) is 51.9 Å². The maximum atomic E-state index is 10.7. The van der Waals surface area contributed by atoms with Crippen LogP contribution in [0.4, 0.5) is 0 Å². The second-order valence-electron chi connectivity index (χ2n) is 6.42. The van der Waals surface area contributed by atoms with Crippen LogP contribution >= 0.6 is 23.5 Å². The summed E-state index contributed by atoms with van der Waals surface area (Å²) in [6, 6.07) is 0. The summed E-state index contributed by atoms with van der Waals surface area (Å²) in [6.07, 6.45) is 12.0. The number of hydrogen-bond donors (Lipinski definition) is 1. The summed E-state index contributed by atoms with van der Waals surface area (Å²) >= 11 is 3.79. The zero-order chi connectivity index (χ0) is 16.5. The summed E-state index contributed by atoms with van der Waals surface area (Å²) in [5, 5.41) is 10.7. The predicted octanol–water partition coefficient (Wildman–Crippen LogP) is 4.24. The van der Waals surface area contributed by atoms with E-state index in [2.05, 4.69) is 13.0 Å². The van der Waals surface area contributed by atoms with E-state index < -0.39 is 6.10 Å². The zero-order valence-electron chi connectivity index (χ0n) is 14.5. The third-order valence-electron chi connectivity index (χ3n) is 4.59. The van der Waals surface area contributed by atoms with E-state index in [1.54, 1.807) is 7.11 Å². The zero-order valence-corrected chi connectivity index (χ0v) is 16.2. The highest BCUT2D eigenvalue weighted by molar-refractivity contribution is 8.18. The van der Waals surface area contributed by atoms with Crippen LogP contribution in [0.5, 0.6) is 0 Å². The fourth-order valence-corrected chi connectivity index (χ4v) is 6.64. The van der Waals surface area contributed by atoms with Gasteiger partial charge in [0.25, 0.3) is 0 Å². The molecular weight excluding hydrogens is 328 g/mol. The Morgan fingerprint density at radius 1 is 1.22 bits per heavy atom. The number of thioether (sulfide) groups is 2. The molecule has 2 rings (SSSR count). The Bertz CT molecular complexity index is 356. The molecule has 134 valence electrons. The van der Waals surface area contributed by atoms with Gasteiger partial charge in [0.15, 0.2) is 0 Å². The van der Waals surface area contributed by atoms with Gasteiger partial charge in [0, 0.05) is 7.11 Å². The number of allylic oxidation sites excluding steroid dienone is 1. The van der Waals surface area contributed by atoms with Crippen molar-refractivity contribution in [3.05, 3.63) is 12.2 Å². The summed E-state index contributed by atoms with van der Waals surface area (Å²) in [7, 11) is 1.71. The van der Waals surface area contributed by atoms with Gasteiger partial charge in [-0.1, -0.05) is 44.8 Å². The van der Waals surface area contributed by atoms with Crippen molar-refractivity contribution in [3.63, 3.8) is 0 Å². The summed E-state index contributed by atoms with van der Waals surface area (Å²) in [6.45, 7) is 2.90. The highest BCUT2D eigenvalue weighted by Crippen LogP contribution is 2.49. The number of methoxy groups -OCH3 is 1. The molecule has 1 N–H and O–H groups in total. The lowest BCUT2D eigenvalue weighted by Gasteiger charge is -2.48. The molecule has 2 heterocycles. The Hall–Kier alpha value is 0.320. The van der Waals surface area contributed by atoms with E-state index in [9.17, 15) is 5.11 Å². The molecule has 1 spiro atoms. The smallest absolute Gasteiger partial charge is 0.113 e. The third kappa shape index (κ3) is 5.40. The molecule has 0 radical (unpaired) electrons. The van der Waals surface area contributed by atoms with E-state index in [0.29, 0.717) is 6.61 Å². The van der Waals surface area contributed by atoms with Gasteiger partial charge >= 0.3 is 0 Å². The van der Waals surface area contributed by atoms with Gasteiger partial charge in [-0.25, -0.2) is 0 Å². The summed E-state index contributed by atoms with van der Waals surface area (Å²) in [5.74, 6) is 2.25. The van der Waals surface area contributed by atoms with Crippen LogP contribution in [0.25, 0.3) is 0 Å². The molecule has 3 nitrogen and oxygen atoms in total. The van der Waals surface area contributed by atoms with Crippen molar-refractivity contribution in [3.8, 4) is 0 Å². The van der Waals surface area contributed by atoms with Crippen LogP contribution in [0.15, 0.2) is 12.2 Å². The normalized spacial score (nSPS) is 31.0. The van der Waals surface area contributed by atoms with Crippen LogP contribution in [-0.4, -0.2) is 52.7 Å². The molecule has 0 amide bonds. The van der Waals surface area contributed by atoms with Crippen LogP contribution in [0.2, 0.25) is 0 Å². The van der Waals surface area contributed by atoms with Gasteiger partial charge in [0.05, 0.1) is 6.61 Å². The summed E-state index contributed by atoms with van der Waals surface area (Å²) in [5.41, 5.74) is 0. The second-order valence-corrected chi connectivity index (χ2v) is 9.53. The molecule has 0 bridgehead atoms. The molecule has 2 saturated heterocycles. The van der Waals surface area contributed by atoms with E-state index >= 15 is 0 Å². The lowest BCUT2D eigenvalue weighted by Crippen LogP contribution is -2.59. The van der Waals surface area contributed by atoms with Gasteiger partial charge in [0.1, 0.15) is 22.4 Å². The Morgan fingerprint density at radius 3 is 2.65 bits per heavy atom. The SMILES string of the molecule is CCCCCCCC=C[C@@H]1OCC2(SCCCS2)[C@H](OC)[C@@H]1O. The topological polar surface area (TPSA) is 38.7 Å². The van der Waals surface area contributed by atoms with Gasteiger partial charge in [-0.05, 0) is 30.8 Å². The minimum atomic E-state index is -0.580. The molecule has 0 aromatic heterocycles. The molecule has 0 aromatic rings. The van der Waals surface area contributed by atoms with Gasteiger partial charge in [0.2, 0.25) is 0 Å². The fourth-order valence-electron chi connectivity index (χ4n) is 3.25. The third-order valence-corrected chi connectivity index (χ3v) is 7.96. The molecule has 2 aliphatic heterocycles. The second kappa shape index (κ2) is 10.3. The molecule has 0 unspecified atom stereocenters. The largest absolute Gasteiger partial charge is 0.387 e. The Labute approximate surface area is 150 Å². The maximum absolute atomic E-state index is 10.7. The van der Waals surface area contributed by atoms with Gasteiger partial charge in [-0.2, -0.15) is 0 Å². The average Bonchev–Trinajstić information content (AvgIpc) is 2.57. The Balaban J connectivity index is 1.81. The first kappa shape index (κ1) is 19.6. The summed E-state index contributed by atoms with van der Waals surface area (Å²) < 4.78 is 11.6. The van der Waals surface area contributed by atoms with Gasteiger partial charge in [-0.15, -0.1) is 23.5 Å². The number of ether oxygens (including phenoxy) is 2. The first-order valence-electron chi connectivity index (χ1n) is 9.00. The molecule has 2 fully saturated rings. The van der Waals surface area contributed by atoms with Gasteiger partial charge < -0.3 is 14.6 Å². The first-order valence-corrected chi connectivity index (χ1v) is 11.0. The number of hydrogen-bond acceptors (Lipinski definition) is 5. The maximum Gasteiger partial charge on any atom is 0.113 e. The van der Waals surface area contributed by atoms with E-state index in [0.717, 1.165) is 17.9 Å². The summed E-state index contributed by atoms with van der Waals surface area (Å²) in [4.78, 5) is 0. The van der Waals surface area contributed by atoms with Crippen LogP contribution in [0, 0.1) is 0 Å². The number of rotatable bonds is 8. The fraction of sp³-hybridized carbons (Fsp3) is 0.889. The van der Waals surface area contributed by atoms with Crippen molar-refractivity contribution < 1.29 is 14.6 Å². The lowest BCUT2D eigenvalue weighted by atomic mass is 10.00. The molecule has 5 heteroatoms. The quantitative estimate of drug-likeness (QED) is 0.518. The highest BCUT2D eigenvalue weighted by atomic mass is 32.2. The van der Waals surface area contributed by atoms with E-state index in [1.807, 2.05) is 29.6 Å². The molecule has 23 heavy (non-hydrogen) atoms. The Kier molecular flexibility index (Phi) is 8.83. The molecule has 0 saturated carbocycles. The molecule has 0 aliphatic carbocycles. The van der Waals surface area contributed by atoms with Crippen molar-refractivity contribution in [1.29, 1.82) is 0 Å². The van der Waals surface area contributed by atoms with Crippen LogP contribution in [-0.2, 0) is 9.47 Å². The minimum absolute atomic E-state index is 0.128. The van der Waals surface area contributed by atoms with Crippen LogP contribution < -0.4 is 0 Å². The first-order chi connectivity index (χ1) is 11.2. The number of aliphatic hydroxyl groups is 1. The van der Waals surface area contributed by atoms with Crippen molar-refractivity contribution in [2.75, 3.05) is 25.2 Å². The monoisotopic (exact) mass is 360 g/mol. The highest BCUT2D eigenvalue weighted by Gasteiger charge is 2.51. The van der Waals surface area contributed by atoms with Crippen molar-refractivity contribution in [2.24, 2.45) is 0 Å². The van der Waals surface area contributed by atoms with E-state index in [-0.39, 0.29) is 16.3 Å². The van der Waals surface area contributed by atoms with Crippen molar-refractivity contribution >= 4 is 23.5 Å². The van der Waals surface area contributed by atoms with E-state index in [1.165, 1.54) is 38.5 Å². The molecule has 2 aliphatic rings. The predicted molar refractivity (Wildman–Crippen MR) is 101 cm³/mol. The number of unbranched alkanes of at least 4 members (excludes halogenated alkanes) is 5. The lowest BCUT2D eigenvalue weighted by molar-refractivity contribution is -0.130. The van der Waals surface area contributed by atoms with E-state index in [4.69, 9.17) is 9.47 Å². The Morgan fingerprint density at radius 2 is 1.96 bits per heavy atom. The number of aliphatic hydroxyl groups excluding tert-OH is 1. The van der Waals surface area contributed by atoms with Gasteiger partial charge in [-0.3, -0.25) is 0 Å².